The third-order valence-electron chi connectivity index (χ3n) is 5.25. The lowest BCUT2D eigenvalue weighted by Gasteiger charge is -2.36. The van der Waals surface area contributed by atoms with Crippen LogP contribution < -0.4 is 5.32 Å². The third kappa shape index (κ3) is 2.38. The number of carboxylic acids is 1. The van der Waals surface area contributed by atoms with Crippen LogP contribution in [0.15, 0.2) is 30.5 Å². The molecule has 1 aromatic heterocycles. The van der Waals surface area contributed by atoms with Crippen molar-refractivity contribution in [1.29, 1.82) is 0 Å². The molecule has 0 radical (unpaired) electrons. The van der Waals surface area contributed by atoms with Crippen LogP contribution in [0.2, 0.25) is 0 Å². The Labute approximate surface area is 144 Å². The molecule has 130 valence electrons. The van der Waals surface area contributed by atoms with Crippen molar-refractivity contribution in [3.05, 3.63) is 36.0 Å². The van der Waals surface area contributed by atoms with E-state index in [1.807, 2.05) is 42.1 Å². The Morgan fingerprint density at radius 2 is 2.04 bits per heavy atom. The maximum Gasteiger partial charge on any atom is 0.326 e. The van der Waals surface area contributed by atoms with Crippen molar-refractivity contribution in [3.8, 4) is 0 Å². The van der Waals surface area contributed by atoms with E-state index in [0.29, 0.717) is 19.3 Å². The molecule has 3 heterocycles. The lowest BCUT2D eigenvalue weighted by molar-refractivity contribution is -0.156. The summed E-state index contributed by atoms with van der Waals surface area (Å²) in [6, 6.07) is 5.58. The molecule has 7 heteroatoms. The number of hydrogen-bond acceptors (Lipinski definition) is 3. The van der Waals surface area contributed by atoms with E-state index in [2.05, 4.69) is 5.32 Å². The zero-order chi connectivity index (χ0) is 17.7. The van der Waals surface area contributed by atoms with Gasteiger partial charge in [0.05, 0.1) is 0 Å². The summed E-state index contributed by atoms with van der Waals surface area (Å²) < 4.78 is 1.98. The van der Waals surface area contributed by atoms with Gasteiger partial charge in [0.25, 0.3) is 0 Å². The number of aliphatic carboxylic acids is 1. The number of fused-ring (bicyclic) bond motifs is 2. The molecule has 25 heavy (non-hydrogen) atoms. The first-order valence-corrected chi connectivity index (χ1v) is 8.35. The van der Waals surface area contributed by atoms with Crippen LogP contribution in [0.4, 0.5) is 0 Å². The van der Waals surface area contributed by atoms with Crippen LogP contribution >= 0.6 is 0 Å². The predicted molar refractivity (Wildman–Crippen MR) is 89.8 cm³/mol. The first kappa shape index (κ1) is 15.7. The number of aryl methyl sites for hydroxylation is 1. The molecule has 1 aromatic carbocycles. The van der Waals surface area contributed by atoms with E-state index in [0.717, 1.165) is 16.5 Å². The van der Waals surface area contributed by atoms with E-state index in [9.17, 15) is 19.5 Å². The van der Waals surface area contributed by atoms with Gasteiger partial charge >= 0.3 is 5.97 Å². The van der Waals surface area contributed by atoms with Gasteiger partial charge in [-0.05, 0) is 24.5 Å². The van der Waals surface area contributed by atoms with Crippen LogP contribution in [0.5, 0.6) is 0 Å². The fourth-order valence-electron chi connectivity index (χ4n) is 4.07. The molecule has 0 unspecified atom stereocenters. The maximum absolute atomic E-state index is 12.9. The highest BCUT2D eigenvalue weighted by Gasteiger charge is 2.50. The number of nitrogens with zero attached hydrogens (tertiary/aromatic N) is 2. The Balaban J connectivity index is 1.65. The van der Waals surface area contributed by atoms with E-state index < -0.39 is 24.1 Å². The molecule has 3 atom stereocenters. The highest BCUT2D eigenvalue weighted by atomic mass is 16.4. The molecular weight excluding hydrogens is 322 g/mol. The molecule has 2 fully saturated rings. The van der Waals surface area contributed by atoms with E-state index in [4.69, 9.17) is 0 Å². The molecule has 2 aromatic rings. The van der Waals surface area contributed by atoms with Crippen molar-refractivity contribution >= 4 is 28.7 Å². The topological polar surface area (TPSA) is 91.6 Å². The number of piperazine rings is 1. The molecule has 2 aliphatic heterocycles. The average molecular weight is 341 g/mol. The van der Waals surface area contributed by atoms with Crippen LogP contribution in [0, 0.1) is 0 Å². The lowest BCUT2D eigenvalue weighted by atomic mass is 10.0. The zero-order valence-electron chi connectivity index (χ0n) is 13.8. The number of carbonyl (C=O) groups excluding carboxylic acids is 2. The minimum atomic E-state index is -1.05. The highest BCUT2D eigenvalue weighted by molar-refractivity contribution is 6.00. The smallest absolute Gasteiger partial charge is 0.326 e. The standard InChI is InChI=1S/C18H19N3O4/c1-20-9-10(11-4-2-3-5-13(11)20)8-12-17(23)21-14(16(22)19-12)6-7-15(21)18(24)25/h2-5,9,12,14-15H,6-8H2,1H3,(H,19,22)(H,24,25)/t12-,14-,15-/m1/s1. The van der Waals surface area contributed by atoms with Crippen LogP contribution in [0.25, 0.3) is 10.9 Å². The monoisotopic (exact) mass is 341 g/mol. The van der Waals surface area contributed by atoms with Gasteiger partial charge in [-0.15, -0.1) is 0 Å². The van der Waals surface area contributed by atoms with Gasteiger partial charge in [0, 0.05) is 30.6 Å². The highest BCUT2D eigenvalue weighted by Crippen LogP contribution is 2.30. The van der Waals surface area contributed by atoms with Gasteiger partial charge in [0.15, 0.2) is 0 Å². The first-order valence-electron chi connectivity index (χ1n) is 8.35. The quantitative estimate of drug-likeness (QED) is 0.858. The number of carbonyl (C=O) groups is 3. The average Bonchev–Trinajstić information content (AvgIpc) is 3.16. The minimum absolute atomic E-state index is 0.256. The largest absolute Gasteiger partial charge is 0.480 e. The summed E-state index contributed by atoms with van der Waals surface area (Å²) >= 11 is 0. The minimum Gasteiger partial charge on any atom is -0.480 e. The normalized spacial score (nSPS) is 26.0. The molecular formula is C18H19N3O4. The van der Waals surface area contributed by atoms with Crippen molar-refractivity contribution in [2.75, 3.05) is 0 Å². The van der Waals surface area contributed by atoms with Gasteiger partial charge in [-0.1, -0.05) is 18.2 Å². The molecule has 0 aliphatic carbocycles. The Hall–Kier alpha value is -2.83. The van der Waals surface area contributed by atoms with Gasteiger partial charge in [-0.25, -0.2) is 4.79 Å². The van der Waals surface area contributed by atoms with Crippen molar-refractivity contribution < 1.29 is 19.5 Å². The summed E-state index contributed by atoms with van der Waals surface area (Å²) in [6.07, 6.45) is 3.02. The Kier molecular flexibility index (Phi) is 3.52. The molecule has 0 spiro atoms. The number of rotatable bonds is 3. The Bertz CT molecular complexity index is 882. The number of benzene rings is 1. The second kappa shape index (κ2) is 5.61. The van der Waals surface area contributed by atoms with Crippen molar-refractivity contribution in [3.63, 3.8) is 0 Å². The molecule has 2 amide bonds. The first-order chi connectivity index (χ1) is 12.0. The summed E-state index contributed by atoms with van der Waals surface area (Å²) in [5.74, 6) is -1.61. The van der Waals surface area contributed by atoms with Gasteiger partial charge in [-0.2, -0.15) is 0 Å². The summed E-state index contributed by atoms with van der Waals surface area (Å²) in [5.41, 5.74) is 2.01. The summed E-state index contributed by atoms with van der Waals surface area (Å²) in [7, 11) is 1.93. The molecule has 2 N–H and O–H groups in total. The van der Waals surface area contributed by atoms with E-state index in [1.165, 1.54) is 4.90 Å². The van der Waals surface area contributed by atoms with Crippen molar-refractivity contribution in [2.45, 2.75) is 37.4 Å². The second-order valence-corrected chi connectivity index (χ2v) is 6.74. The predicted octanol–water partition coefficient (Wildman–Crippen LogP) is 0.663. The number of amides is 2. The Morgan fingerprint density at radius 3 is 2.80 bits per heavy atom. The fourth-order valence-corrected chi connectivity index (χ4v) is 4.07. The van der Waals surface area contributed by atoms with Crippen LogP contribution in [-0.2, 0) is 27.9 Å². The molecule has 7 nitrogen and oxygen atoms in total. The van der Waals surface area contributed by atoms with Gasteiger partial charge in [0.2, 0.25) is 11.8 Å². The van der Waals surface area contributed by atoms with E-state index in [1.54, 1.807) is 0 Å². The number of nitrogens with one attached hydrogen (secondary N) is 1. The van der Waals surface area contributed by atoms with Gasteiger partial charge < -0.3 is 19.9 Å². The van der Waals surface area contributed by atoms with Crippen LogP contribution in [0.1, 0.15) is 18.4 Å². The molecule has 2 saturated heterocycles. The summed E-state index contributed by atoms with van der Waals surface area (Å²) in [5, 5.41) is 13.2. The fraction of sp³-hybridized carbons (Fsp3) is 0.389. The number of carboxylic acid groups (broad SMARTS) is 1. The van der Waals surface area contributed by atoms with E-state index in [-0.39, 0.29) is 11.8 Å². The van der Waals surface area contributed by atoms with Crippen molar-refractivity contribution in [1.82, 2.24) is 14.8 Å². The third-order valence-corrected chi connectivity index (χ3v) is 5.25. The van der Waals surface area contributed by atoms with Gasteiger partial charge in [-0.3, -0.25) is 9.59 Å². The SMILES string of the molecule is Cn1cc(C[C@H]2NC(=O)[C@H]3CC[C@H](C(=O)O)N3C2=O)c2ccccc21. The van der Waals surface area contributed by atoms with Crippen LogP contribution in [-0.4, -0.2) is 50.5 Å². The number of para-hydroxylation sites is 1. The molecule has 0 bridgehead atoms. The lowest BCUT2D eigenvalue weighted by Crippen LogP contribution is -2.64. The van der Waals surface area contributed by atoms with Crippen LogP contribution in [0.3, 0.4) is 0 Å². The van der Waals surface area contributed by atoms with Crippen molar-refractivity contribution in [2.24, 2.45) is 7.05 Å². The molecule has 0 saturated carbocycles. The number of aromatic nitrogens is 1. The van der Waals surface area contributed by atoms with Gasteiger partial charge in [0.1, 0.15) is 18.1 Å². The molecule has 4 rings (SSSR count). The zero-order valence-corrected chi connectivity index (χ0v) is 13.8. The summed E-state index contributed by atoms with van der Waals surface area (Å²) in [4.78, 5) is 37.9. The number of hydrogen-bond donors (Lipinski definition) is 2. The summed E-state index contributed by atoms with van der Waals surface area (Å²) in [6.45, 7) is 0. The Morgan fingerprint density at radius 1 is 1.28 bits per heavy atom. The van der Waals surface area contributed by atoms with E-state index >= 15 is 0 Å². The second-order valence-electron chi connectivity index (χ2n) is 6.74. The maximum atomic E-state index is 12.9. The molecule has 2 aliphatic rings.